The van der Waals surface area contributed by atoms with Gasteiger partial charge < -0.3 is 15.8 Å². The summed E-state index contributed by atoms with van der Waals surface area (Å²) in [7, 11) is 1.34. The highest BCUT2D eigenvalue weighted by Crippen LogP contribution is 2.50. The van der Waals surface area contributed by atoms with Crippen LogP contribution in [0.2, 0.25) is 0 Å². The van der Waals surface area contributed by atoms with Crippen molar-refractivity contribution in [3.05, 3.63) is 0 Å². The normalized spacial score (nSPS) is 26.7. The number of hydrogen-bond acceptors (Lipinski definition) is 4. The highest BCUT2D eigenvalue weighted by molar-refractivity contribution is 5.85. The molecule has 2 unspecified atom stereocenters. The lowest BCUT2D eigenvalue weighted by atomic mass is 9.96. The molecule has 0 heterocycles. The molecule has 0 aromatic heterocycles. The maximum atomic E-state index is 12.4. The Morgan fingerprint density at radius 3 is 2.45 bits per heavy atom. The number of nitrogens with two attached hydrogens (primary N) is 1. The predicted molar refractivity (Wildman–Crippen MR) is 86.4 cm³/mol. The van der Waals surface area contributed by atoms with Crippen LogP contribution in [0, 0.1) is 17.8 Å². The summed E-state index contributed by atoms with van der Waals surface area (Å²) in [5, 5.41) is 2.81. The van der Waals surface area contributed by atoms with Crippen molar-refractivity contribution in [3.8, 4) is 0 Å². The Kier molecular flexibility index (Phi) is 6.38. The first-order valence-electron chi connectivity index (χ1n) is 7.89. The van der Waals surface area contributed by atoms with E-state index in [1.54, 1.807) is 0 Å². The van der Waals surface area contributed by atoms with E-state index in [4.69, 9.17) is 10.5 Å². The molecule has 1 saturated carbocycles. The van der Waals surface area contributed by atoms with Crippen LogP contribution in [-0.4, -0.2) is 36.9 Å². The Balaban J connectivity index is 2.63. The molecule has 1 amide bonds. The van der Waals surface area contributed by atoms with Gasteiger partial charge in [-0.05, 0) is 31.1 Å². The van der Waals surface area contributed by atoms with E-state index in [1.807, 2.05) is 20.8 Å². The van der Waals surface area contributed by atoms with E-state index < -0.39 is 12.0 Å². The largest absolute Gasteiger partial charge is 0.467 e. The van der Waals surface area contributed by atoms with Gasteiger partial charge in [-0.15, -0.1) is 0 Å². The Labute approximate surface area is 132 Å². The van der Waals surface area contributed by atoms with Gasteiger partial charge in [0.05, 0.1) is 19.0 Å². The number of nitrogens with one attached hydrogen (secondary N) is 1. The number of carbonyl (C=O) groups excluding carboxylic acids is 2. The maximum Gasteiger partial charge on any atom is 0.328 e. The summed E-state index contributed by atoms with van der Waals surface area (Å²) in [5.41, 5.74) is 5.20. The lowest BCUT2D eigenvalue weighted by Crippen LogP contribution is -2.45. The van der Waals surface area contributed by atoms with E-state index in [1.165, 1.54) is 13.4 Å². The molecule has 0 spiro atoms. The molecule has 1 aliphatic rings. The van der Waals surface area contributed by atoms with Crippen molar-refractivity contribution in [2.45, 2.75) is 58.5 Å². The third-order valence-electron chi connectivity index (χ3n) is 4.37. The number of aliphatic imine (C=N–C) groups is 1. The third-order valence-corrected chi connectivity index (χ3v) is 4.37. The third kappa shape index (κ3) is 4.71. The van der Waals surface area contributed by atoms with Gasteiger partial charge in [-0.3, -0.25) is 9.79 Å². The fourth-order valence-electron chi connectivity index (χ4n) is 2.90. The fourth-order valence-corrected chi connectivity index (χ4v) is 2.90. The van der Waals surface area contributed by atoms with E-state index in [-0.39, 0.29) is 23.3 Å². The molecule has 6 nitrogen and oxygen atoms in total. The minimum Gasteiger partial charge on any atom is -0.467 e. The molecule has 0 aromatic rings. The zero-order valence-electron chi connectivity index (χ0n) is 14.3. The number of amides is 1. The molecule has 4 atom stereocenters. The summed E-state index contributed by atoms with van der Waals surface area (Å²) in [6, 6.07) is -0.592. The number of nitrogens with zero attached hydrogens (tertiary/aromatic N) is 1. The second-order valence-electron chi connectivity index (χ2n) is 6.81. The van der Waals surface area contributed by atoms with Crippen molar-refractivity contribution >= 4 is 18.2 Å². The molecule has 3 N–H and O–H groups in total. The standard InChI is InChI=1S/C16H29N3O3/c1-10(2)6-13(15(21)22-5)19-14(20)11(3)7-16(18-9-17)8-12(16)4/h9-13H,6-8H2,1-5H3,(H2,17,18)(H,19,20)/t11-,12?,13-,16?/m0/s1. The average Bonchev–Trinajstić information content (AvgIpc) is 3.06. The van der Waals surface area contributed by atoms with Crippen LogP contribution in [0.3, 0.4) is 0 Å². The number of rotatable bonds is 8. The monoisotopic (exact) mass is 311 g/mol. The summed E-state index contributed by atoms with van der Waals surface area (Å²) in [5.74, 6) is -0.0376. The molecule has 1 aliphatic carbocycles. The number of hydrogen-bond donors (Lipinski definition) is 2. The first kappa shape index (κ1) is 18.5. The number of esters is 1. The molecule has 22 heavy (non-hydrogen) atoms. The zero-order chi connectivity index (χ0) is 16.9. The molecular formula is C16H29N3O3. The van der Waals surface area contributed by atoms with Gasteiger partial charge in [-0.25, -0.2) is 4.79 Å². The Hall–Kier alpha value is -1.59. The van der Waals surface area contributed by atoms with Gasteiger partial charge in [0.2, 0.25) is 5.91 Å². The molecule has 126 valence electrons. The first-order valence-corrected chi connectivity index (χ1v) is 7.89. The minimum absolute atomic E-state index is 0.137. The van der Waals surface area contributed by atoms with E-state index in [9.17, 15) is 9.59 Å². The molecule has 1 rings (SSSR count). The number of ether oxygens (including phenoxy) is 1. The van der Waals surface area contributed by atoms with Gasteiger partial charge >= 0.3 is 5.97 Å². The number of carbonyl (C=O) groups is 2. The highest BCUT2D eigenvalue weighted by Gasteiger charge is 2.52. The fraction of sp³-hybridized carbons (Fsp3) is 0.812. The Bertz CT molecular complexity index is 436. The quantitative estimate of drug-likeness (QED) is 0.403. The van der Waals surface area contributed by atoms with Crippen LogP contribution in [0.5, 0.6) is 0 Å². The smallest absolute Gasteiger partial charge is 0.328 e. The lowest BCUT2D eigenvalue weighted by molar-refractivity contribution is -0.146. The van der Waals surface area contributed by atoms with Crippen molar-refractivity contribution in [3.63, 3.8) is 0 Å². The summed E-state index contributed by atoms with van der Waals surface area (Å²) in [4.78, 5) is 28.5. The van der Waals surface area contributed by atoms with E-state index in [2.05, 4.69) is 17.2 Å². The van der Waals surface area contributed by atoms with Gasteiger partial charge in [0.1, 0.15) is 6.04 Å². The van der Waals surface area contributed by atoms with Crippen molar-refractivity contribution in [2.24, 2.45) is 28.5 Å². The van der Waals surface area contributed by atoms with Crippen LogP contribution < -0.4 is 11.1 Å². The lowest BCUT2D eigenvalue weighted by Gasteiger charge is -2.22. The number of methoxy groups -OCH3 is 1. The van der Waals surface area contributed by atoms with Crippen molar-refractivity contribution in [1.29, 1.82) is 0 Å². The van der Waals surface area contributed by atoms with Crippen molar-refractivity contribution in [2.75, 3.05) is 7.11 Å². The van der Waals surface area contributed by atoms with Gasteiger partial charge in [0.15, 0.2) is 0 Å². The van der Waals surface area contributed by atoms with Gasteiger partial charge in [0, 0.05) is 5.92 Å². The molecule has 1 fully saturated rings. The average molecular weight is 311 g/mol. The van der Waals surface area contributed by atoms with Gasteiger partial charge in [0.25, 0.3) is 0 Å². The summed E-state index contributed by atoms with van der Waals surface area (Å²) in [6.07, 6.45) is 3.48. The van der Waals surface area contributed by atoms with Crippen molar-refractivity contribution in [1.82, 2.24) is 5.32 Å². The topological polar surface area (TPSA) is 93.8 Å². The van der Waals surface area contributed by atoms with E-state index in [0.29, 0.717) is 18.8 Å². The summed E-state index contributed by atoms with van der Waals surface area (Å²) in [6.45, 7) is 7.97. The second kappa shape index (κ2) is 7.61. The summed E-state index contributed by atoms with van der Waals surface area (Å²) < 4.78 is 4.77. The van der Waals surface area contributed by atoms with Crippen LogP contribution in [0.25, 0.3) is 0 Å². The first-order chi connectivity index (χ1) is 10.3. The van der Waals surface area contributed by atoms with Crippen molar-refractivity contribution < 1.29 is 14.3 Å². The highest BCUT2D eigenvalue weighted by atomic mass is 16.5. The van der Waals surface area contributed by atoms with Crippen LogP contribution in [-0.2, 0) is 14.3 Å². The van der Waals surface area contributed by atoms with Crippen LogP contribution in [0.4, 0.5) is 0 Å². The van der Waals surface area contributed by atoms with Gasteiger partial charge in [-0.2, -0.15) is 0 Å². The second-order valence-corrected chi connectivity index (χ2v) is 6.81. The molecule has 0 radical (unpaired) electrons. The van der Waals surface area contributed by atoms with E-state index in [0.717, 1.165) is 6.42 Å². The SMILES string of the molecule is COC(=O)[C@H](CC(C)C)NC(=O)[C@@H](C)CC1(N=CN)CC1C. The molecular weight excluding hydrogens is 282 g/mol. The molecule has 0 aromatic carbocycles. The summed E-state index contributed by atoms with van der Waals surface area (Å²) >= 11 is 0. The van der Waals surface area contributed by atoms with Crippen LogP contribution in [0.1, 0.15) is 47.0 Å². The Morgan fingerprint density at radius 2 is 2.05 bits per heavy atom. The van der Waals surface area contributed by atoms with Gasteiger partial charge in [-0.1, -0.05) is 27.7 Å². The predicted octanol–water partition coefficient (Wildman–Crippen LogP) is 1.48. The molecule has 0 saturated heterocycles. The van der Waals surface area contributed by atoms with E-state index >= 15 is 0 Å². The molecule has 0 aliphatic heterocycles. The van der Waals surface area contributed by atoms with Crippen LogP contribution in [0.15, 0.2) is 4.99 Å². The molecule has 6 heteroatoms. The maximum absolute atomic E-state index is 12.4. The zero-order valence-corrected chi connectivity index (χ0v) is 14.3. The molecule has 0 bridgehead atoms. The minimum atomic E-state index is -0.592. The Morgan fingerprint density at radius 1 is 1.45 bits per heavy atom. The van der Waals surface area contributed by atoms with Crippen LogP contribution >= 0.6 is 0 Å².